The molecule has 0 radical (unpaired) electrons. The molecule has 1 N–H and O–H groups in total. The zero-order chi connectivity index (χ0) is 26.3. The Bertz CT molecular complexity index is 1240. The highest BCUT2D eigenvalue weighted by Gasteiger charge is 2.28. The molecule has 3 aromatic rings. The van der Waals surface area contributed by atoms with Gasteiger partial charge in [0.15, 0.2) is 0 Å². The molecule has 1 atom stereocenters. The van der Waals surface area contributed by atoms with Crippen LogP contribution in [0.4, 0.5) is 5.69 Å². The Morgan fingerprint density at radius 3 is 1.92 bits per heavy atom. The molecule has 0 saturated heterocycles. The van der Waals surface area contributed by atoms with Crippen molar-refractivity contribution < 1.29 is 22.7 Å². The smallest absolute Gasteiger partial charge is 0.264 e. The average molecular weight is 531 g/mol. The fraction of sp³-hybridized carbons (Fsp3) is 0.296. The molecule has 3 aromatic carbocycles. The molecule has 0 aliphatic rings. The number of hydrogen-bond acceptors (Lipinski definition) is 5. The first-order valence-corrected chi connectivity index (χ1v) is 13.3. The molecule has 0 aromatic heterocycles. The van der Waals surface area contributed by atoms with Gasteiger partial charge in [-0.15, -0.1) is 0 Å². The third-order valence-electron chi connectivity index (χ3n) is 5.61. The van der Waals surface area contributed by atoms with Gasteiger partial charge in [-0.3, -0.25) is 9.10 Å². The maximum atomic E-state index is 13.6. The van der Waals surface area contributed by atoms with E-state index in [-0.39, 0.29) is 10.9 Å². The molecule has 9 heteroatoms. The first kappa shape index (κ1) is 27.4. The molecule has 0 bridgehead atoms. The van der Waals surface area contributed by atoms with Crippen LogP contribution in [0.25, 0.3) is 0 Å². The summed E-state index contributed by atoms with van der Waals surface area (Å²) in [5, 5.41) is 3.48. The van der Waals surface area contributed by atoms with E-state index in [4.69, 9.17) is 21.1 Å². The van der Waals surface area contributed by atoms with Crippen LogP contribution in [0.15, 0.2) is 77.7 Å². The van der Waals surface area contributed by atoms with Crippen LogP contribution < -0.4 is 19.1 Å². The summed E-state index contributed by atoms with van der Waals surface area (Å²) in [4.78, 5) is 13.3. The maximum Gasteiger partial charge on any atom is 0.264 e. The Hall–Kier alpha value is -3.23. The van der Waals surface area contributed by atoms with Crippen LogP contribution in [0.2, 0.25) is 5.02 Å². The van der Waals surface area contributed by atoms with Gasteiger partial charge in [0.1, 0.15) is 18.0 Å². The van der Waals surface area contributed by atoms with E-state index in [1.807, 2.05) is 24.3 Å². The zero-order valence-electron chi connectivity index (χ0n) is 20.8. The van der Waals surface area contributed by atoms with Gasteiger partial charge in [0.25, 0.3) is 10.0 Å². The largest absolute Gasteiger partial charge is 0.497 e. The summed E-state index contributed by atoms with van der Waals surface area (Å²) in [7, 11) is -0.964. The molecule has 192 valence electrons. The van der Waals surface area contributed by atoms with Gasteiger partial charge in [0.05, 0.1) is 30.8 Å². The highest BCUT2D eigenvalue weighted by Crippen LogP contribution is 2.27. The minimum Gasteiger partial charge on any atom is -0.497 e. The van der Waals surface area contributed by atoms with Crippen LogP contribution in [0.3, 0.4) is 0 Å². The lowest BCUT2D eigenvalue weighted by molar-refractivity contribution is -0.120. The van der Waals surface area contributed by atoms with Crippen molar-refractivity contribution in [2.45, 2.75) is 31.2 Å². The summed E-state index contributed by atoms with van der Waals surface area (Å²) < 4.78 is 38.7. The molecule has 0 fully saturated rings. The Morgan fingerprint density at radius 2 is 1.42 bits per heavy atom. The van der Waals surface area contributed by atoms with Gasteiger partial charge in [0.2, 0.25) is 5.91 Å². The molecular formula is C27H31ClN2O5S. The van der Waals surface area contributed by atoms with E-state index >= 15 is 0 Å². The summed E-state index contributed by atoms with van der Waals surface area (Å²) in [6, 6.07) is 19.5. The van der Waals surface area contributed by atoms with Gasteiger partial charge in [-0.2, -0.15) is 0 Å². The topological polar surface area (TPSA) is 84.9 Å². The predicted molar refractivity (Wildman–Crippen MR) is 142 cm³/mol. The second-order valence-corrected chi connectivity index (χ2v) is 11.0. The molecule has 0 heterocycles. The van der Waals surface area contributed by atoms with Crippen molar-refractivity contribution in [1.82, 2.24) is 5.32 Å². The van der Waals surface area contributed by atoms with Crippen LogP contribution in [0.5, 0.6) is 11.5 Å². The summed E-state index contributed by atoms with van der Waals surface area (Å²) >= 11 is 6.02. The third-order valence-corrected chi connectivity index (χ3v) is 7.65. The van der Waals surface area contributed by atoms with Crippen LogP contribution in [-0.4, -0.2) is 35.1 Å². The molecule has 0 aliphatic heterocycles. The van der Waals surface area contributed by atoms with Crippen LogP contribution >= 0.6 is 11.6 Å². The molecule has 0 saturated carbocycles. The van der Waals surface area contributed by atoms with Crippen molar-refractivity contribution in [2.24, 2.45) is 5.92 Å². The minimum absolute atomic E-state index is 0.0416. The Labute approximate surface area is 218 Å². The van der Waals surface area contributed by atoms with Crippen molar-refractivity contribution in [3.05, 3.63) is 83.4 Å². The number of carbonyl (C=O) groups excluding carboxylic acids is 1. The lowest BCUT2D eigenvalue weighted by Crippen LogP contribution is -2.42. The van der Waals surface area contributed by atoms with E-state index in [2.05, 4.69) is 19.2 Å². The van der Waals surface area contributed by atoms with E-state index in [1.54, 1.807) is 43.5 Å². The van der Waals surface area contributed by atoms with E-state index in [1.165, 1.54) is 19.2 Å². The molecule has 1 amide bonds. The number of benzene rings is 3. The fourth-order valence-corrected chi connectivity index (χ4v) is 5.30. The third kappa shape index (κ3) is 6.92. The van der Waals surface area contributed by atoms with Crippen molar-refractivity contribution >= 4 is 33.2 Å². The van der Waals surface area contributed by atoms with Gasteiger partial charge in [0, 0.05) is 5.02 Å². The van der Waals surface area contributed by atoms with Gasteiger partial charge >= 0.3 is 0 Å². The number of nitrogens with zero attached hydrogens (tertiary/aromatic N) is 1. The van der Waals surface area contributed by atoms with E-state index in [0.29, 0.717) is 34.5 Å². The second kappa shape index (κ2) is 12.1. The Balaban J connectivity index is 1.91. The van der Waals surface area contributed by atoms with Crippen molar-refractivity contribution in [1.29, 1.82) is 0 Å². The summed E-state index contributed by atoms with van der Waals surface area (Å²) in [5.74, 6) is 1.12. The second-order valence-electron chi connectivity index (χ2n) is 8.69. The number of halogens is 1. The lowest BCUT2D eigenvalue weighted by atomic mass is 9.97. The van der Waals surface area contributed by atoms with Crippen LogP contribution in [0, 0.1) is 5.92 Å². The fourth-order valence-electron chi connectivity index (χ4n) is 3.75. The number of sulfonamides is 1. The number of anilines is 1. The number of amides is 1. The number of ether oxygens (including phenoxy) is 2. The quantitative estimate of drug-likeness (QED) is 0.356. The number of carbonyl (C=O) groups is 1. The average Bonchev–Trinajstić information content (AvgIpc) is 2.87. The molecule has 36 heavy (non-hydrogen) atoms. The first-order chi connectivity index (χ1) is 17.1. The maximum absolute atomic E-state index is 13.6. The molecule has 0 spiro atoms. The number of rotatable bonds is 11. The molecule has 7 nitrogen and oxygen atoms in total. The highest BCUT2D eigenvalue weighted by molar-refractivity contribution is 7.92. The highest BCUT2D eigenvalue weighted by atomic mass is 35.5. The van der Waals surface area contributed by atoms with E-state index in [9.17, 15) is 13.2 Å². The van der Waals surface area contributed by atoms with Crippen LogP contribution in [-0.2, 0) is 14.8 Å². The first-order valence-electron chi connectivity index (χ1n) is 11.5. The zero-order valence-corrected chi connectivity index (χ0v) is 22.3. The summed E-state index contributed by atoms with van der Waals surface area (Å²) in [5.41, 5.74) is 1.24. The molecule has 0 aliphatic carbocycles. The number of nitrogens with one attached hydrogen (secondary N) is 1. The Kier molecular flexibility index (Phi) is 9.23. The van der Waals surface area contributed by atoms with Crippen molar-refractivity contribution in [2.75, 3.05) is 25.1 Å². The van der Waals surface area contributed by atoms with Gasteiger partial charge in [-0.25, -0.2) is 8.42 Å². The van der Waals surface area contributed by atoms with Crippen LogP contribution in [0.1, 0.15) is 31.9 Å². The van der Waals surface area contributed by atoms with E-state index < -0.39 is 22.5 Å². The number of hydrogen-bond donors (Lipinski definition) is 1. The SMILES string of the molecule is COc1ccc([C@@H](CC(C)C)NC(=O)CN(c2ccc(Cl)cc2)S(=O)(=O)c2ccc(OC)cc2)cc1. The molecule has 3 rings (SSSR count). The summed E-state index contributed by atoms with van der Waals surface area (Å²) in [6.45, 7) is 3.73. The van der Waals surface area contributed by atoms with Crippen molar-refractivity contribution in [3.8, 4) is 11.5 Å². The van der Waals surface area contributed by atoms with E-state index in [0.717, 1.165) is 9.87 Å². The standard InChI is InChI=1S/C27H31ClN2O5S/c1-19(2)17-26(20-5-11-23(34-3)12-6-20)29-27(31)18-30(22-9-7-21(28)8-10-22)36(32,33)25-15-13-24(35-4)14-16-25/h5-16,19,26H,17-18H2,1-4H3,(H,29,31)/t26-/m1/s1. The number of methoxy groups -OCH3 is 2. The monoisotopic (exact) mass is 530 g/mol. The Morgan fingerprint density at radius 1 is 0.889 bits per heavy atom. The molecule has 0 unspecified atom stereocenters. The van der Waals surface area contributed by atoms with Gasteiger partial charge in [-0.1, -0.05) is 37.6 Å². The van der Waals surface area contributed by atoms with Gasteiger partial charge < -0.3 is 14.8 Å². The lowest BCUT2D eigenvalue weighted by Gasteiger charge is -2.27. The normalized spacial score (nSPS) is 12.2. The van der Waals surface area contributed by atoms with Crippen molar-refractivity contribution in [3.63, 3.8) is 0 Å². The molecular weight excluding hydrogens is 500 g/mol. The summed E-state index contributed by atoms with van der Waals surface area (Å²) in [6.07, 6.45) is 0.685. The predicted octanol–water partition coefficient (Wildman–Crippen LogP) is 5.46. The van der Waals surface area contributed by atoms with Gasteiger partial charge in [-0.05, 0) is 78.6 Å². The minimum atomic E-state index is -4.06.